The highest BCUT2D eigenvalue weighted by Gasteiger charge is 2.08. The van der Waals surface area contributed by atoms with Crippen LogP contribution in [0.5, 0.6) is 0 Å². The number of nitrogens with zero attached hydrogens (tertiary/aromatic N) is 1. The summed E-state index contributed by atoms with van der Waals surface area (Å²) in [7, 11) is 0. The molecule has 94 valence electrons. The topological polar surface area (TPSA) is 24.9 Å². The summed E-state index contributed by atoms with van der Waals surface area (Å²) < 4.78 is 0.838. The van der Waals surface area contributed by atoms with Gasteiger partial charge in [0.1, 0.15) is 0 Å². The average molecular weight is 366 g/mol. The zero-order valence-electron chi connectivity index (χ0n) is 9.05. The average Bonchev–Trinajstić information content (AvgIpc) is 2.30. The Hall–Kier alpha value is -0.480. The van der Waals surface area contributed by atoms with E-state index in [9.17, 15) is 0 Å². The fraction of sp³-hybridized carbons (Fsp3) is 0.0833. The molecule has 2 rings (SSSR count). The SMILES string of the molecule is Clc1cnccc1CNc1c(Cl)cc(Br)cc1Cl. The minimum absolute atomic E-state index is 0.530. The molecule has 2 aromatic rings. The number of halogens is 4. The lowest BCUT2D eigenvalue weighted by molar-refractivity contribution is 1.13. The van der Waals surface area contributed by atoms with E-state index in [-0.39, 0.29) is 0 Å². The first-order valence-electron chi connectivity index (χ1n) is 5.04. The molecule has 0 radical (unpaired) electrons. The molecule has 1 aromatic carbocycles. The molecular weight excluding hydrogens is 358 g/mol. The van der Waals surface area contributed by atoms with Crippen molar-refractivity contribution in [1.29, 1.82) is 0 Å². The summed E-state index contributed by atoms with van der Waals surface area (Å²) in [5, 5.41) is 4.88. The Morgan fingerprint density at radius 3 is 2.39 bits per heavy atom. The van der Waals surface area contributed by atoms with Crippen LogP contribution in [0.4, 0.5) is 5.69 Å². The van der Waals surface area contributed by atoms with Crippen LogP contribution in [0.15, 0.2) is 35.1 Å². The fourth-order valence-corrected chi connectivity index (χ4v) is 2.97. The zero-order chi connectivity index (χ0) is 13.1. The summed E-state index contributed by atoms with van der Waals surface area (Å²) in [6, 6.07) is 5.41. The molecule has 0 aliphatic heterocycles. The lowest BCUT2D eigenvalue weighted by Gasteiger charge is -2.11. The Balaban J connectivity index is 2.19. The first-order chi connectivity index (χ1) is 8.58. The molecule has 0 unspecified atom stereocenters. The van der Waals surface area contributed by atoms with E-state index in [1.165, 1.54) is 0 Å². The summed E-state index contributed by atoms with van der Waals surface area (Å²) in [5.41, 5.74) is 1.62. The number of hydrogen-bond acceptors (Lipinski definition) is 2. The summed E-state index contributed by atoms with van der Waals surface area (Å²) in [4.78, 5) is 3.93. The minimum Gasteiger partial charge on any atom is -0.378 e. The monoisotopic (exact) mass is 364 g/mol. The van der Waals surface area contributed by atoms with E-state index in [4.69, 9.17) is 34.8 Å². The van der Waals surface area contributed by atoms with E-state index < -0.39 is 0 Å². The Morgan fingerprint density at radius 2 is 1.78 bits per heavy atom. The molecule has 0 bridgehead atoms. The van der Waals surface area contributed by atoms with Gasteiger partial charge in [0.2, 0.25) is 0 Å². The van der Waals surface area contributed by atoms with Crippen LogP contribution in [0.1, 0.15) is 5.56 Å². The number of hydrogen-bond donors (Lipinski definition) is 1. The van der Waals surface area contributed by atoms with Gasteiger partial charge in [-0.15, -0.1) is 0 Å². The van der Waals surface area contributed by atoms with Crippen LogP contribution in [-0.2, 0) is 6.54 Å². The van der Waals surface area contributed by atoms with Gasteiger partial charge in [-0.3, -0.25) is 4.98 Å². The molecule has 1 aromatic heterocycles. The van der Waals surface area contributed by atoms with Gasteiger partial charge in [-0.25, -0.2) is 0 Å². The molecule has 0 aliphatic carbocycles. The lowest BCUT2D eigenvalue weighted by atomic mass is 10.2. The van der Waals surface area contributed by atoms with Gasteiger partial charge in [0.25, 0.3) is 0 Å². The molecule has 6 heteroatoms. The zero-order valence-corrected chi connectivity index (χ0v) is 12.9. The van der Waals surface area contributed by atoms with Gasteiger partial charge in [-0.2, -0.15) is 0 Å². The molecule has 0 saturated heterocycles. The predicted octanol–water partition coefficient (Wildman–Crippen LogP) is 5.42. The van der Waals surface area contributed by atoms with Gasteiger partial charge in [0, 0.05) is 23.4 Å². The largest absolute Gasteiger partial charge is 0.378 e. The van der Waals surface area contributed by atoms with Crippen LogP contribution in [0.25, 0.3) is 0 Å². The maximum Gasteiger partial charge on any atom is 0.0722 e. The van der Waals surface area contributed by atoms with Gasteiger partial charge in [-0.1, -0.05) is 50.7 Å². The highest BCUT2D eigenvalue weighted by atomic mass is 79.9. The summed E-state index contributed by atoms with van der Waals surface area (Å²) >= 11 is 21.6. The van der Waals surface area contributed by atoms with E-state index in [0.29, 0.717) is 27.3 Å². The lowest BCUT2D eigenvalue weighted by Crippen LogP contribution is -2.01. The molecule has 0 amide bonds. The Morgan fingerprint density at radius 1 is 1.11 bits per heavy atom. The van der Waals surface area contributed by atoms with Crippen molar-refractivity contribution in [2.24, 2.45) is 0 Å². The van der Waals surface area contributed by atoms with E-state index in [1.807, 2.05) is 6.07 Å². The Kier molecular flexibility index (Phi) is 4.73. The van der Waals surface area contributed by atoms with Crippen LogP contribution in [0, 0.1) is 0 Å². The van der Waals surface area contributed by atoms with Crippen LogP contribution in [0.3, 0.4) is 0 Å². The molecule has 0 saturated carbocycles. The molecule has 18 heavy (non-hydrogen) atoms. The highest BCUT2D eigenvalue weighted by Crippen LogP contribution is 2.34. The number of rotatable bonds is 3. The Labute approximate surface area is 128 Å². The van der Waals surface area contributed by atoms with Crippen LogP contribution in [-0.4, -0.2) is 4.98 Å². The molecule has 0 aliphatic rings. The summed E-state index contributed by atoms with van der Waals surface area (Å²) in [6.45, 7) is 0.530. The van der Waals surface area contributed by atoms with Gasteiger partial charge in [0.15, 0.2) is 0 Å². The van der Waals surface area contributed by atoms with Gasteiger partial charge < -0.3 is 5.32 Å². The van der Waals surface area contributed by atoms with Crippen molar-refractivity contribution in [1.82, 2.24) is 4.98 Å². The molecule has 0 spiro atoms. The normalized spacial score (nSPS) is 10.4. The fourth-order valence-electron chi connectivity index (χ4n) is 1.44. The second-order valence-electron chi connectivity index (χ2n) is 3.57. The van der Waals surface area contributed by atoms with E-state index in [2.05, 4.69) is 26.2 Å². The third-order valence-corrected chi connectivity index (χ3v) is 3.71. The number of pyridine rings is 1. The quantitative estimate of drug-likeness (QED) is 0.785. The van der Waals surface area contributed by atoms with Crippen molar-refractivity contribution in [3.8, 4) is 0 Å². The molecule has 2 nitrogen and oxygen atoms in total. The van der Waals surface area contributed by atoms with Crippen molar-refractivity contribution >= 4 is 56.4 Å². The van der Waals surface area contributed by atoms with Gasteiger partial charge >= 0.3 is 0 Å². The molecule has 1 N–H and O–H groups in total. The second-order valence-corrected chi connectivity index (χ2v) is 5.70. The van der Waals surface area contributed by atoms with Crippen LogP contribution < -0.4 is 5.32 Å². The first kappa shape index (κ1) is 13.9. The molecule has 0 atom stereocenters. The smallest absolute Gasteiger partial charge is 0.0722 e. The first-order valence-corrected chi connectivity index (χ1v) is 6.97. The molecule has 0 fully saturated rings. The minimum atomic E-state index is 0.530. The summed E-state index contributed by atoms with van der Waals surface area (Å²) in [6.07, 6.45) is 3.29. The number of benzene rings is 1. The van der Waals surface area contributed by atoms with Crippen molar-refractivity contribution in [3.05, 3.63) is 55.7 Å². The van der Waals surface area contributed by atoms with E-state index >= 15 is 0 Å². The maximum absolute atomic E-state index is 6.12. The van der Waals surface area contributed by atoms with Crippen molar-refractivity contribution < 1.29 is 0 Å². The Bertz CT molecular complexity index is 552. The third-order valence-electron chi connectivity index (χ3n) is 2.32. The standard InChI is InChI=1S/C12H8BrCl3N2/c13-8-3-9(14)12(10(15)4-8)18-5-7-1-2-17-6-11(7)16/h1-4,6,18H,5H2. The second kappa shape index (κ2) is 6.11. The predicted molar refractivity (Wildman–Crippen MR) is 80.7 cm³/mol. The van der Waals surface area contributed by atoms with Gasteiger partial charge in [-0.05, 0) is 23.8 Å². The number of nitrogens with one attached hydrogen (secondary N) is 1. The molecule has 1 heterocycles. The van der Waals surface area contributed by atoms with Crippen LogP contribution in [0.2, 0.25) is 15.1 Å². The van der Waals surface area contributed by atoms with E-state index in [1.54, 1.807) is 24.5 Å². The van der Waals surface area contributed by atoms with Crippen LogP contribution >= 0.6 is 50.7 Å². The summed E-state index contributed by atoms with van der Waals surface area (Å²) in [5.74, 6) is 0. The highest BCUT2D eigenvalue weighted by molar-refractivity contribution is 9.10. The van der Waals surface area contributed by atoms with Crippen molar-refractivity contribution in [2.75, 3.05) is 5.32 Å². The van der Waals surface area contributed by atoms with Gasteiger partial charge in [0.05, 0.1) is 20.8 Å². The third kappa shape index (κ3) is 3.29. The van der Waals surface area contributed by atoms with E-state index in [0.717, 1.165) is 10.0 Å². The number of anilines is 1. The van der Waals surface area contributed by atoms with Crippen molar-refractivity contribution in [3.63, 3.8) is 0 Å². The van der Waals surface area contributed by atoms with Crippen molar-refractivity contribution in [2.45, 2.75) is 6.54 Å². The maximum atomic E-state index is 6.12. The molecular formula is C12H8BrCl3N2. The number of aromatic nitrogens is 1.